The summed E-state index contributed by atoms with van der Waals surface area (Å²) in [5.74, 6) is 6.37. The van der Waals surface area contributed by atoms with Crippen LogP contribution < -0.4 is 0 Å². The maximum atomic E-state index is 11.9. The summed E-state index contributed by atoms with van der Waals surface area (Å²) in [5, 5.41) is 0. The van der Waals surface area contributed by atoms with E-state index in [0.29, 0.717) is 13.2 Å². The predicted octanol–water partition coefficient (Wildman–Crippen LogP) is 5.66. The maximum Gasteiger partial charge on any atom is 0.320 e. The number of benzene rings is 2. The fourth-order valence-electron chi connectivity index (χ4n) is 3.08. The van der Waals surface area contributed by atoms with E-state index < -0.39 is 0 Å². The Labute approximate surface area is 190 Å². The third-order valence-corrected chi connectivity index (χ3v) is 4.93. The molecule has 3 aromatic rings. The van der Waals surface area contributed by atoms with Gasteiger partial charge in [-0.2, -0.15) is 0 Å². The maximum absolute atomic E-state index is 11.9. The van der Waals surface area contributed by atoms with E-state index in [2.05, 4.69) is 24.8 Å². The van der Waals surface area contributed by atoms with Crippen LogP contribution in [0, 0.1) is 11.8 Å². The van der Waals surface area contributed by atoms with Gasteiger partial charge in [0, 0.05) is 23.2 Å². The zero-order valence-corrected chi connectivity index (χ0v) is 18.7. The molecular weight excluding hydrogens is 398 g/mol. The van der Waals surface area contributed by atoms with E-state index in [1.165, 1.54) is 0 Å². The Morgan fingerprint density at radius 1 is 1.06 bits per heavy atom. The average molecular weight is 428 g/mol. The molecule has 3 rings (SSSR count). The molecular formula is C28H29NO3. The minimum absolute atomic E-state index is 0.195. The fraction of sp³-hybridized carbons (Fsp3) is 0.250. The molecule has 32 heavy (non-hydrogen) atoms. The van der Waals surface area contributed by atoms with Crippen molar-refractivity contribution in [3.8, 4) is 23.0 Å². The van der Waals surface area contributed by atoms with Gasteiger partial charge in [-0.05, 0) is 42.8 Å². The lowest BCUT2D eigenvalue weighted by molar-refractivity contribution is -0.144. The molecule has 0 radical (unpaired) electrons. The summed E-state index contributed by atoms with van der Waals surface area (Å²) >= 11 is 0. The highest BCUT2D eigenvalue weighted by Gasteiger charge is 2.07. The zero-order chi connectivity index (χ0) is 22.6. The summed E-state index contributed by atoms with van der Waals surface area (Å²) in [5.41, 5.74) is 5.05. The number of hydrogen-bond donors (Lipinski definition) is 0. The lowest BCUT2D eigenvalue weighted by atomic mass is 10.0. The number of likely N-dealkylation sites (N-methyl/N-ethyl adjacent to an activating group) is 1. The van der Waals surface area contributed by atoms with Crippen LogP contribution in [0.2, 0.25) is 0 Å². The van der Waals surface area contributed by atoms with E-state index in [4.69, 9.17) is 9.15 Å². The molecule has 2 aromatic carbocycles. The van der Waals surface area contributed by atoms with Crippen LogP contribution in [0.1, 0.15) is 30.9 Å². The molecule has 0 saturated carbocycles. The molecule has 0 aliphatic carbocycles. The number of nitrogens with zero attached hydrogens (tertiary/aromatic N) is 1. The molecule has 0 atom stereocenters. The van der Waals surface area contributed by atoms with Crippen molar-refractivity contribution in [3.05, 3.63) is 90.4 Å². The minimum atomic E-state index is -0.195. The minimum Gasteiger partial charge on any atom is -0.472 e. The number of rotatable bonds is 9. The molecule has 0 fully saturated rings. The van der Waals surface area contributed by atoms with E-state index in [0.717, 1.165) is 40.7 Å². The van der Waals surface area contributed by atoms with Crippen LogP contribution >= 0.6 is 0 Å². The zero-order valence-electron chi connectivity index (χ0n) is 18.7. The average Bonchev–Trinajstić information content (AvgIpc) is 3.35. The molecule has 0 aliphatic rings. The van der Waals surface area contributed by atoms with Gasteiger partial charge in [0.1, 0.15) is 0 Å². The van der Waals surface area contributed by atoms with Crippen LogP contribution in [-0.4, -0.2) is 37.6 Å². The second kappa shape index (κ2) is 12.3. The van der Waals surface area contributed by atoms with Crippen LogP contribution in [0.5, 0.6) is 0 Å². The summed E-state index contributed by atoms with van der Waals surface area (Å²) in [6.45, 7) is 3.41. The predicted molar refractivity (Wildman–Crippen MR) is 129 cm³/mol. The largest absolute Gasteiger partial charge is 0.472 e. The molecule has 0 spiro atoms. The number of hydrogen-bond acceptors (Lipinski definition) is 4. The first-order chi connectivity index (χ1) is 15.7. The highest BCUT2D eigenvalue weighted by molar-refractivity contribution is 5.80. The molecule has 0 N–H and O–H groups in total. The van der Waals surface area contributed by atoms with Gasteiger partial charge in [-0.15, -0.1) is 0 Å². The number of ether oxygens (including phenoxy) is 1. The summed E-state index contributed by atoms with van der Waals surface area (Å²) in [7, 11) is 1.90. The van der Waals surface area contributed by atoms with Crippen molar-refractivity contribution in [3.63, 3.8) is 0 Å². The summed E-state index contributed by atoms with van der Waals surface area (Å²) in [6.07, 6.45) is 7.36. The first kappa shape index (κ1) is 23.1. The topological polar surface area (TPSA) is 42.7 Å². The van der Waals surface area contributed by atoms with Gasteiger partial charge in [-0.1, -0.05) is 73.7 Å². The Hall–Kier alpha value is -3.55. The Morgan fingerprint density at radius 3 is 2.53 bits per heavy atom. The van der Waals surface area contributed by atoms with Gasteiger partial charge < -0.3 is 9.15 Å². The number of furan rings is 1. The first-order valence-corrected chi connectivity index (χ1v) is 10.9. The number of esters is 1. The van der Waals surface area contributed by atoms with Crippen LogP contribution in [0.25, 0.3) is 16.7 Å². The number of allylic oxidation sites excluding steroid dienone is 1. The highest BCUT2D eigenvalue weighted by Crippen LogP contribution is 2.20. The van der Waals surface area contributed by atoms with Crippen molar-refractivity contribution in [1.29, 1.82) is 0 Å². The van der Waals surface area contributed by atoms with Gasteiger partial charge in [0.25, 0.3) is 0 Å². The Kier molecular flexibility index (Phi) is 8.92. The third-order valence-electron chi connectivity index (χ3n) is 4.93. The Balaban J connectivity index is 1.70. The molecule has 0 amide bonds. The quantitative estimate of drug-likeness (QED) is 0.251. The second-order valence-electron chi connectivity index (χ2n) is 7.59. The summed E-state index contributed by atoms with van der Waals surface area (Å²) < 4.78 is 10.4. The Morgan fingerprint density at radius 2 is 1.84 bits per heavy atom. The van der Waals surface area contributed by atoms with Gasteiger partial charge in [-0.3, -0.25) is 9.69 Å². The monoisotopic (exact) mass is 427 g/mol. The summed E-state index contributed by atoms with van der Waals surface area (Å²) in [6, 6.07) is 20.1. The van der Waals surface area contributed by atoms with Crippen molar-refractivity contribution in [2.75, 3.05) is 26.7 Å². The fourth-order valence-corrected chi connectivity index (χ4v) is 3.08. The van der Waals surface area contributed by atoms with E-state index in [1.54, 1.807) is 12.5 Å². The molecule has 4 heteroatoms. The van der Waals surface area contributed by atoms with Crippen LogP contribution in [0.4, 0.5) is 0 Å². The highest BCUT2D eigenvalue weighted by atomic mass is 16.5. The van der Waals surface area contributed by atoms with Gasteiger partial charge in [0.15, 0.2) is 0 Å². The van der Waals surface area contributed by atoms with E-state index in [-0.39, 0.29) is 12.5 Å². The van der Waals surface area contributed by atoms with Crippen molar-refractivity contribution < 1.29 is 13.9 Å². The SMILES string of the molecule is CCCCOC(=O)CN(C)CC=C(C#Cc1ccc(-c2ccoc2)cc1)c1ccccc1. The number of unbranched alkanes of at least 4 members (excludes halogenated alkanes) is 1. The van der Waals surface area contributed by atoms with Gasteiger partial charge in [0.2, 0.25) is 0 Å². The molecule has 0 aliphatic heterocycles. The lowest BCUT2D eigenvalue weighted by Gasteiger charge is -2.14. The van der Waals surface area contributed by atoms with E-state index in [1.807, 2.05) is 72.6 Å². The number of carbonyl (C=O) groups is 1. The van der Waals surface area contributed by atoms with Crippen molar-refractivity contribution in [2.24, 2.45) is 0 Å². The second-order valence-corrected chi connectivity index (χ2v) is 7.59. The smallest absolute Gasteiger partial charge is 0.320 e. The van der Waals surface area contributed by atoms with Gasteiger partial charge >= 0.3 is 5.97 Å². The Bertz CT molecular complexity index is 1060. The van der Waals surface area contributed by atoms with Crippen molar-refractivity contribution in [1.82, 2.24) is 4.90 Å². The molecule has 1 aromatic heterocycles. The van der Waals surface area contributed by atoms with Crippen LogP contribution in [-0.2, 0) is 9.53 Å². The molecule has 164 valence electrons. The van der Waals surface area contributed by atoms with Crippen LogP contribution in [0.15, 0.2) is 83.7 Å². The summed E-state index contributed by atoms with van der Waals surface area (Å²) in [4.78, 5) is 13.9. The molecule has 0 saturated heterocycles. The van der Waals surface area contributed by atoms with Crippen molar-refractivity contribution >= 4 is 11.5 Å². The number of carbonyl (C=O) groups excluding carboxylic acids is 1. The van der Waals surface area contributed by atoms with Crippen molar-refractivity contribution in [2.45, 2.75) is 19.8 Å². The normalized spacial score (nSPS) is 11.2. The molecule has 1 heterocycles. The molecule has 4 nitrogen and oxygen atoms in total. The van der Waals surface area contributed by atoms with Gasteiger partial charge in [-0.25, -0.2) is 0 Å². The molecule has 0 unspecified atom stereocenters. The third kappa shape index (κ3) is 7.30. The lowest BCUT2D eigenvalue weighted by Crippen LogP contribution is -2.27. The van der Waals surface area contributed by atoms with Gasteiger partial charge in [0.05, 0.1) is 25.7 Å². The van der Waals surface area contributed by atoms with E-state index in [9.17, 15) is 4.79 Å². The standard InChI is InChI=1S/C28H29NO3/c1-3-4-19-32-28(30)21-29(2)18-16-26(24-8-6-5-7-9-24)15-12-23-10-13-25(14-11-23)27-17-20-31-22-27/h5-11,13-14,16-17,20,22H,3-4,18-19,21H2,1-2H3. The van der Waals surface area contributed by atoms with E-state index >= 15 is 0 Å². The molecule has 0 bridgehead atoms. The first-order valence-electron chi connectivity index (χ1n) is 10.9. The van der Waals surface area contributed by atoms with Crippen LogP contribution in [0.3, 0.4) is 0 Å².